The summed E-state index contributed by atoms with van der Waals surface area (Å²) in [6, 6.07) is 0. The summed E-state index contributed by atoms with van der Waals surface area (Å²) in [7, 11) is 3.07. The van der Waals surface area contributed by atoms with Crippen LogP contribution in [0.1, 0.15) is 23.1 Å². The Hall–Kier alpha value is -2.09. The van der Waals surface area contributed by atoms with Crippen LogP contribution in [0, 0.1) is 0 Å². The molecule has 1 heterocycles. The van der Waals surface area contributed by atoms with E-state index in [2.05, 4.69) is 15.5 Å². The number of hydrogen-bond acceptors (Lipinski definition) is 5. The SMILES string of the molecule is CCc1[nH]nc(C(=O)N(C)CC(=O)NCCOC)c1N. The molecule has 0 spiro atoms. The fraction of sp³-hybridized carbons (Fsp3) is 0.583. The normalized spacial score (nSPS) is 10.3. The molecule has 0 aromatic carbocycles. The Morgan fingerprint density at radius 3 is 2.75 bits per heavy atom. The van der Waals surface area contributed by atoms with Crippen LogP contribution in [0.3, 0.4) is 0 Å². The monoisotopic (exact) mass is 283 g/mol. The second-order valence-electron chi connectivity index (χ2n) is 4.32. The van der Waals surface area contributed by atoms with E-state index in [4.69, 9.17) is 10.5 Å². The summed E-state index contributed by atoms with van der Waals surface area (Å²) in [6.07, 6.45) is 0.660. The van der Waals surface area contributed by atoms with Gasteiger partial charge in [0.2, 0.25) is 5.91 Å². The quantitative estimate of drug-likeness (QED) is 0.578. The summed E-state index contributed by atoms with van der Waals surface area (Å²) in [5.74, 6) is -0.650. The topological polar surface area (TPSA) is 113 Å². The number of likely N-dealkylation sites (N-methyl/N-ethyl adjacent to an activating group) is 1. The number of rotatable bonds is 7. The average Bonchev–Trinajstić information content (AvgIpc) is 2.79. The first kappa shape index (κ1) is 16.0. The molecule has 0 aliphatic carbocycles. The van der Waals surface area contributed by atoms with Crippen LogP contribution in [0.15, 0.2) is 0 Å². The van der Waals surface area contributed by atoms with Crippen LogP contribution < -0.4 is 11.1 Å². The molecular weight excluding hydrogens is 262 g/mol. The van der Waals surface area contributed by atoms with Crippen molar-refractivity contribution in [2.24, 2.45) is 0 Å². The van der Waals surface area contributed by atoms with Crippen LogP contribution in [0.2, 0.25) is 0 Å². The second kappa shape index (κ2) is 7.49. The lowest BCUT2D eigenvalue weighted by molar-refractivity contribution is -0.121. The highest BCUT2D eigenvalue weighted by Crippen LogP contribution is 2.15. The number of carbonyl (C=O) groups excluding carboxylic acids is 2. The molecule has 1 rings (SSSR count). The summed E-state index contributed by atoms with van der Waals surface area (Å²) in [4.78, 5) is 25.0. The van der Waals surface area contributed by atoms with E-state index < -0.39 is 0 Å². The molecular formula is C12H21N5O3. The first-order valence-electron chi connectivity index (χ1n) is 6.35. The fourth-order valence-corrected chi connectivity index (χ4v) is 1.64. The molecule has 0 bridgehead atoms. The summed E-state index contributed by atoms with van der Waals surface area (Å²) < 4.78 is 4.82. The third-order valence-corrected chi connectivity index (χ3v) is 2.79. The molecule has 112 valence electrons. The maximum Gasteiger partial charge on any atom is 0.276 e. The van der Waals surface area contributed by atoms with E-state index in [9.17, 15) is 9.59 Å². The van der Waals surface area contributed by atoms with Crippen molar-refractivity contribution in [1.82, 2.24) is 20.4 Å². The van der Waals surface area contributed by atoms with Gasteiger partial charge in [-0.25, -0.2) is 0 Å². The number of ether oxygens (including phenoxy) is 1. The largest absolute Gasteiger partial charge is 0.395 e. The smallest absolute Gasteiger partial charge is 0.276 e. The Morgan fingerprint density at radius 1 is 1.50 bits per heavy atom. The van der Waals surface area contributed by atoms with Crippen molar-refractivity contribution < 1.29 is 14.3 Å². The Balaban J connectivity index is 2.58. The van der Waals surface area contributed by atoms with Gasteiger partial charge in [0.1, 0.15) is 0 Å². The van der Waals surface area contributed by atoms with Gasteiger partial charge in [-0.15, -0.1) is 0 Å². The van der Waals surface area contributed by atoms with Crippen molar-refractivity contribution in [2.75, 3.05) is 39.6 Å². The molecule has 2 amide bonds. The number of nitrogen functional groups attached to an aromatic ring is 1. The molecule has 20 heavy (non-hydrogen) atoms. The molecule has 8 nitrogen and oxygen atoms in total. The van der Waals surface area contributed by atoms with Gasteiger partial charge in [0, 0.05) is 20.7 Å². The van der Waals surface area contributed by atoms with Crippen molar-refractivity contribution >= 4 is 17.5 Å². The molecule has 0 saturated carbocycles. The van der Waals surface area contributed by atoms with Crippen LogP contribution in [0.5, 0.6) is 0 Å². The number of amides is 2. The minimum atomic E-state index is -0.389. The Morgan fingerprint density at radius 2 is 2.20 bits per heavy atom. The van der Waals surface area contributed by atoms with E-state index in [-0.39, 0.29) is 24.1 Å². The first-order valence-corrected chi connectivity index (χ1v) is 6.35. The highest BCUT2D eigenvalue weighted by Gasteiger charge is 2.21. The van der Waals surface area contributed by atoms with Crippen LogP contribution in [-0.4, -0.2) is 60.8 Å². The third-order valence-electron chi connectivity index (χ3n) is 2.79. The zero-order chi connectivity index (χ0) is 15.1. The minimum Gasteiger partial charge on any atom is -0.395 e. The maximum absolute atomic E-state index is 12.1. The summed E-state index contributed by atoms with van der Waals surface area (Å²) >= 11 is 0. The number of nitrogens with zero attached hydrogens (tertiary/aromatic N) is 2. The Kier molecular flexibility index (Phi) is 5.98. The zero-order valence-electron chi connectivity index (χ0n) is 12.0. The number of nitrogens with two attached hydrogens (primary N) is 1. The van der Waals surface area contributed by atoms with Crippen LogP contribution in [-0.2, 0) is 16.0 Å². The molecule has 1 aromatic rings. The van der Waals surface area contributed by atoms with E-state index >= 15 is 0 Å². The van der Waals surface area contributed by atoms with Gasteiger partial charge in [-0.1, -0.05) is 6.92 Å². The van der Waals surface area contributed by atoms with Gasteiger partial charge >= 0.3 is 0 Å². The zero-order valence-corrected chi connectivity index (χ0v) is 12.0. The molecule has 0 radical (unpaired) electrons. The van der Waals surface area contributed by atoms with E-state index in [0.717, 1.165) is 0 Å². The van der Waals surface area contributed by atoms with E-state index in [0.29, 0.717) is 31.0 Å². The van der Waals surface area contributed by atoms with Gasteiger partial charge < -0.3 is 20.7 Å². The van der Waals surface area contributed by atoms with E-state index in [1.54, 1.807) is 7.11 Å². The predicted molar refractivity (Wildman–Crippen MR) is 74.2 cm³/mol. The Bertz CT molecular complexity index is 472. The third kappa shape index (κ3) is 3.95. The number of hydrogen-bond donors (Lipinski definition) is 3. The summed E-state index contributed by atoms with van der Waals surface area (Å²) in [5.41, 5.74) is 7.02. The number of methoxy groups -OCH3 is 1. The van der Waals surface area contributed by atoms with Crippen molar-refractivity contribution in [3.05, 3.63) is 11.4 Å². The molecule has 0 fully saturated rings. The van der Waals surface area contributed by atoms with Crippen molar-refractivity contribution in [1.29, 1.82) is 0 Å². The number of aromatic amines is 1. The molecule has 0 aliphatic heterocycles. The standard InChI is InChI=1S/C12H21N5O3/c1-4-8-10(13)11(16-15-8)12(19)17(2)7-9(18)14-5-6-20-3/h4-7,13H2,1-3H3,(H,14,18)(H,15,16). The number of H-pyrrole nitrogens is 1. The molecule has 4 N–H and O–H groups in total. The predicted octanol–water partition coefficient (Wildman–Crippen LogP) is -0.611. The molecule has 0 atom stereocenters. The van der Waals surface area contributed by atoms with Crippen LogP contribution in [0.4, 0.5) is 5.69 Å². The van der Waals surface area contributed by atoms with E-state index in [1.807, 2.05) is 6.92 Å². The van der Waals surface area contributed by atoms with Gasteiger partial charge in [-0.2, -0.15) is 5.10 Å². The number of anilines is 1. The number of aromatic nitrogens is 2. The van der Waals surface area contributed by atoms with Gasteiger partial charge in [0.05, 0.1) is 24.5 Å². The molecule has 0 unspecified atom stereocenters. The maximum atomic E-state index is 12.1. The van der Waals surface area contributed by atoms with Gasteiger partial charge in [0.15, 0.2) is 5.69 Å². The van der Waals surface area contributed by atoms with Crippen molar-refractivity contribution in [3.8, 4) is 0 Å². The van der Waals surface area contributed by atoms with Gasteiger partial charge in [-0.3, -0.25) is 14.7 Å². The van der Waals surface area contributed by atoms with Gasteiger partial charge in [-0.05, 0) is 6.42 Å². The molecule has 8 heteroatoms. The average molecular weight is 283 g/mol. The number of nitrogens with one attached hydrogen (secondary N) is 2. The molecule has 0 saturated heterocycles. The Labute approximate surface area is 117 Å². The first-order chi connectivity index (χ1) is 9.51. The lowest BCUT2D eigenvalue weighted by Gasteiger charge is -2.15. The van der Waals surface area contributed by atoms with Crippen LogP contribution in [0.25, 0.3) is 0 Å². The fourth-order valence-electron chi connectivity index (χ4n) is 1.64. The van der Waals surface area contributed by atoms with Crippen molar-refractivity contribution in [3.63, 3.8) is 0 Å². The number of aryl methyl sites for hydroxylation is 1. The molecule has 0 aliphatic rings. The summed E-state index contributed by atoms with van der Waals surface area (Å²) in [5, 5.41) is 9.25. The van der Waals surface area contributed by atoms with Crippen molar-refractivity contribution in [2.45, 2.75) is 13.3 Å². The highest BCUT2D eigenvalue weighted by molar-refractivity contribution is 5.99. The summed E-state index contributed by atoms with van der Waals surface area (Å²) in [6.45, 7) is 2.68. The van der Waals surface area contributed by atoms with Gasteiger partial charge in [0.25, 0.3) is 5.91 Å². The highest BCUT2D eigenvalue weighted by atomic mass is 16.5. The molecule has 1 aromatic heterocycles. The lowest BCUT2D eigenvalue weighted by atomic mass is 10.2. The van der Waals surface area contributed by atoms with E-state index in [1.165, 1.54) is 11.9 Å². The number of carbonyl (C=O) groups is 2. The van der Waals surface area contributed by atoms with Crippen LogP contribution >= 0.6 is 0 Å². The minimum absolute atomic E-state index is 0.0592. The second-order valence-corrected chi connectivity index (χ2v) is 4.32. The lowest BCUT2D eigenvalue weighted by Crippen LogP contribution is -2.39.